The van der Waals surface area contributed by atoms with Gasteiger partial charge in [0.25, 0.3) is 5.91 Å². The number of aryl methyl sites for hydroxylation is 1. The summed E-state index contributed by atoms with van der Waals surface area (Å²) in [5.41, 5.74) is 3.44. The van der Waals surface area contributed by atoms with Crippen LogP contribution in [0.2, 0.25) is 0 Å². The molecule has 0 spiro atoms. The first-order chi connectivity index (χ1) is 13.1. The Morgan fingerprint density at radius 2 is 1.63 bits per heavy atom. The highest BCUT2D eigenvalue weighted by molar-refractivity contribution is 5.96. The molecule has 0 aromatic heterocycles. The largest absolute Gasteiger partial charge is 0.360 e. The first-order valence-electron chi connectivity index (χ1n) is 9.33. The highest BCUT2D eigenvalue weighted by Crippen LogP contribution is 2.19. The van der Waals surface area contributed by atoms with Gasteiger partial charge >= 0.3 is 6.03 Å². The molecule has 2 aromatic carbocycles. The number of anilines is 1. The number of quaternary nitrogens is 1. The first kappa shape index (κ1) is 18.9. The van der Waals surface area contributed by atoms with Crippen molar-refractivity contribution >= 4 is 17.6 Å². The number of rotatable bonds is 4. The van der Waals surface area contributed by atoms with E-state index in [9.17, 15) is 9.59 Å². The van der Waals surface area contributed by atoms with Crippen molar-refractivity contribution in [1.82, 2.24) is 10.6 Å². The molecule has 0 unspecified atom stereocenters. The van der Waals surface area contributed by atoms with Gasteiger partial charge in [-0.1, -0.05) is 48.5 Å². The Labute approximate surface area is 160 Å². The van der Waals surface area contributed by atoms with Crippen LogP contribution < -0.4 is 20.4 Å². The molecule has 1 atom stereocenters. The van der Waals surface area contributed by atoms with Crippen LogP contribution in [0.5, 0.6) is 0 Å². The van der Waals surface area contributed by atoms with Crippen molar-refractivity contribution in [2.45, 2.75) is 13.0 Å². The molecule has 1 saturated heterocycles. The first-order valence-corrected chi connectivity index (χ1v) is 9.33. The number of nitrogens with zero attached hydrogens (tertiary/aromatic N) is 1. The van der Waals surface area contributed by atoms with E-state index in [2.05, 4.69) is 46.7 Å². The van der Waals surface area contributed by atoms with Crippen LogP contribution >= 0.6 is 0 Å². The maximum atomic E-state index is 12.8. The van der Waals surface area contributed by atoms with Crippen LogP contribution in [0.25, 0.3) is 0 Å². The minimum absolute atomic E-state index is 0.264. The lowest BCUT2D eigenvalue weighted by Crippen LogP contribution is -3.16. The van der Waals surface area contributed by atoms with Crippen molar-refractivity contribution in [2.75, 3.05) is 38.1 Å². The third kappa shape index (κ3) is 4.46. The Balaban J connectivity index is 1.75. The zero-order valence-corrected chi connectivity index (χ0v) is 15.9. The second-order valence-electron chi connectivity index (χ2n) is 6.84. The van der Waals surface area contributed by atoms with E-state index >= 15 is 0 Å². The second-order valence-corrected chi connectivity index (χ2v) is 6.84. The number of hydrogen-bond acceptors (Lipinski definition) is 3. The third-order valence-corrected chi connectivity index (χ3v) is 5.13. The summed E-state index contributed by atoms with van der Waals surface area (Å²) in [6.07, 6.45) is 0. The van der Waals surface area contributed by atoms with Gasteiger partial charge in [-0.3, -0.25) is 10.1 Å². The zero-order valence-electron chi connectivity index (χ0n) is 15.9. The maximum absolute atomic E-state index is 12.8. The van der Waals surface area contributed by atoms with Crippen LogP contribution in [0.3, 0.4) is 0 Å². The molecule has 1 fully saturated rings. The lowest BCUT2D eigenvalue weighted by Gasteiger charge is -2.37. The fraction of sp³-hybridized carbons (Fsp3) is 0.333. The SMILES string of the molecule is CNC(=O)NC(=O)[C@H](c1ccccc1)[NH+]1CCN(c2ccccc2C)CC1. The predicted molar refractivity (Wildman–Crippen MR) is 106 cm³/mol. The molecule has 142 valence electrons. The summed E-state index contributed by atoms with van der Waals surface area (Å²) < 4.78 is 0. The van der Waals surface area contributed by atoms with Crippen molar-refractivity contribution < 1.29 is 14.5 Å². The molecular weight excluding hydrogens is 340 g/mol. The standard InChI is InChI=1S/C21H26N4O2/c1-16-8-6-7-11-18(16)24-12-14-25(15-13-24)19(17-9-4-3-5-10-17)20(26)23-21(27)22-2/h3-11,19H,12-15H2,1-2H3,(H2,22,23,26,27)/p+1/t19-/m0/s1. The number of piperazine rings is 1. The Kier molecular flexibility index (Phi) is 6.08. The van der Waals surface area contributed by atoms with Crippen LogP contribution in [0.15, 0.2) is 54.6 Å². The molecule has 1 heterocycles. The molecule has 0 aliphatic carbocycles. The van der Waals surface area contributed by atoms with E-state index in [-0.39, 0.29) is 5.91 Å². The van der Waals surface area contributed by atoms with Gasteiger partial charge in [0.2, 0.25) is 0 Å². The minimum atomic E-state index is -0.473. The average molecular weight is 367 g/mol. The van der Waals surface area contributed by atoms with E-state index in [1.54, 1.807) is 0 Å². The molecule has 0 bridgehead atoms. The van der Waals surface area contributed by atoms with Crippen LogP contribution in [-0.2, 0) is 4.79 Å². The summed E-state index contributed by atoms with van der Waals surface area (Å²) in [5.74, 6) is -0.264. The quantitative estimate of drug-likeness (QED) is 0.752. The number of carbonyl (C=O) groups excluding carboxylic acids is 2. The fourth-order valence-electron chi connectivity index (χ4n) is 3.71. The summed E-state index contributed by atoms with van der Waals surface area (Å²) in [7, 11) is 1.51. The van der Waals surface area contributed by atoms with Crippen LogP contribution in [0.1, 0.15) is 17.2 Å². The number of amides is 3. The molecule has 1 aliphatic rings. The molecule has 0 radical (unpaired) electrons. The molecule has 3 amide bonds. The Morgan fingerprint density at radius 1 is 1.00 bits per heavy atom. The molecule has 6 heteroatoms. The zero-order chi connectivity index (χ0) is 19.2. The van der Waals surface area contributed by atoms with Crippen molar-refractivity contribution in [2.24, 2.45) is 0 Å². The molecule has 3 rings (SSSR count). The molecule has 2 aromatic rings. The van der Waals surface area contributed by atoms with Crippen molar-refractivity contribution in [3.63, 3.8) is 0 Å². The maximum Gasteiger partial charge on any atom is 0.321 e. The number of nitrogens with one attached hydrogen (secondary N) is 3. The van der Waals surface area contributed by atoms with Crippen LogP contribution in [-0.4, -0.2) is 45.2 Å². The predicted octanol–water partition coefficient (Wildman–Crippen LogP) is 0.897. The number of benzene rings is 2. The van der Waals surface area contributed by atoms with Gasteiger partial charge in [0.1, 0.15) is 0 Å². The van der Waals surface area contributed by atoms with Crippen LogP contribution in [0.4, 0.5) is 10.5 Å². The summed E-state index contributed by atoms with van der Waals surface area (Å²) in [6.45, 7) is 5.52. The Hall–Kier alpha value is -2.86. The molecule has 6 nitrogen and oxygen atoms in total. The van der Waals surface area contributed by atoms with Crippen molar-refractivity contribution in [1.29, 1.82) is 0 Å². The van der Waals surface area contributed by atoms with E-state index in [4.69, 9.17) is 0 Å². The highest BCUT2D eigenvalue weighted by atomic mass is 16.2. The number of imide groups is 1. The Morgan fingerprint density at radius 3 is 2.26 bits per heavy atom. The van der Waals surface area contributed by atoms with E-state index in [1.807, 2.05) is 30.3 Å². The normalized spacial score (nSPS) is 15.9. The number of carbonyl (C=O) groups is 2. The van der Waals surface area contributed by atoms with E-state index < -0.39 is 12.1 Å². The smallest absolute Gasteiger partial charge is 0.321 e. The van der Waals surface area contributed by atoms with Gasteiger partial charge in [0.15, 0.2) is 6.04 Å². The lowest BCUT2D eigenvalue weighted by molar-refractivity contribution is -0.922. The van der Waals surface area contributed by atoms with Crippen molar-refractivity contribution in [3.05, 3.63) is 65.7 Å². The van der Waals surface area contributed by atoms with Gasteiger partial charge in [-0.15, -0.1) is 0 Å². The van der Waals surface area contributed by atoms with Gasteiger partial charge in [0.05, 0.1) is 26.2 Å². The van der Waals surface area contributed by atoms with Gasteiger partial charge in [0, 0.05) is 18.3 Å². The second kappa shape index (κ2) is 8.68. The van der Waals surface area contributed by atoms with Gasteiger partial charge < -0.3 is 15.1 Å². The summed E-state index contributed by atoms with van der Waals surface area (Å²) >= 11 is 0. The van der Waals surface area contributed by atoms with Crippen LogP contribution in [0, 0.1) is 6.92 Å². The number of urea groups is 1. The molecule has 1 aliphatic heterocycles. The van der Waals surface area contributed by atoms with Gasteiger partial charge in [-0.2, -0.15) is 0 Å². The molecule has 3 N–H and O–H groups in total. The van der Waals surface area contributed by atoms with Gasteiger partial charge in [-0.05, 0) is 18.6 Å². The highest BCUT2D eigenvalue weighted by Gasteiger charge is 2.35. The van der Waals surface area contributed by atoms with Crippen molar-refractivity contribution in [3.8, 4) is 0 Å². The van der Waals surface area contributed by atoms with E-state index in [1.165, 1.54) is 23.2 Å². The topological polar surface area (TPSA) is 65.9 Å². The summed E-state index contributed by atoms with van der Waals surface area (Å²) in [5, 5.41) is 4.91. The number of para-hydroxylation sites is 1. The average Bonchev–Trinajstić information content (AvgIpc) is 2.70. The minimum Gasteiger partial charge on any atom is -0.360 e. The Bertz CT molecular complexity index is 786. The fourth-order valence-corrected chi connectivity index (χ4v) is 3.71. The lowest BCUT2D eigenvalue weighted by atomic mass is 10.0. The molecule has 0 saturated carbocycles. The summed E-state index contributed by atoms with van der Waals surface area (Å²) in [6, 6.07) is 17.2. The van der Waals surface area contributed by atoms with E-state index in [0.717, 1.165) is 31.7 Å². The monoisotopic (exact) mass is 367 g/mol. The molecule has 27 heavy (non-hydrogen) atoms. The van der Waals surface area contributed by atoms with Gasteiger partial charge in [-0.25, -0.2) is 4.79 Å². The number of hydrogen-bond donors (Lipinski definition) is 3. The molecular formula is C21H27N4O2+. The third-order valence-electron chi connectivity index (χ3n) is 5.13. The summed E-state index contributed by atoms with van der Waals surface area (Å²) in [4.78, 5) is 28.0. The van der Waals surface area contributed by atoms with E-state index in [0.29, 0.717) is 0 Å².